The van der Waals surface area contributed by atoms with Gasteiger partial charge >= 0.3 is 27.5 Å². The molecule has 0 atom stereocenters. The molecule has 18 heavy (non-hydrogen) atoms. The van der Waals surface area contributed by atoms with Crippen LogP contribution in [-0.2, 0) is 17.9 Å². The van der Waals surface area contributed by atoms with Crippen LogP contribution in [-0.4, -0.2) is 4.98 Å². The summed E-state index contributed by atoms with van der Waals surface area (Å²) in [6.07, 6.45) is 1.79. The topological polar surface area (TPSA) is 27.0 Å². The van der Waals surface area contributed by atoms with E-state index in [0.717, 1.165) is 22.3 Å². The van der Waals surface area contributed by atoms with Crippen LogP contribution >= 0.6 is 9.58 Å². The monoisotopic (exact) mass is 436 g/mol. The summed E-state index contributed by atoms with van der Waals surface area (Å²) in [4.78, 5) is 8.80. The molecule has 0 aliphatic heterocycles. The van der Waals surface area contributed by atoms with Gasteiger partial charge in [0, 0.05) is 11.9 Å². The maximum Gasteiger partial charge on any atom is 0.0483 e. The predicted octanol–water partition coefficient (Wildman–Crippen LogP) is 4.00. The van der Waals surface area contributed by atoms with E-state index in [-0.39, 0.29) is 7.43 Å². The van der Waals surface area contributed by atoms with E-state index in [1.165, 1.54) is 17.9 Å². The van der Waals surface area contributed by atoms with Crippen molar-refractivity contribution in [2.45, 2.75) is 0 Å². The average molecular weight is 436 g/mol. The van der Waals surface area contributed by atoms with Crippen molar-refractivity contribution in [3.8, 4) is 11.4 Å². The molecule has 0 saturated heterocycles. The summed E-state index contributed by atoms with van der Waals surface area (Å²) in [5, 5.41) is 1.16. The Kier molecular flexibility index (Phi) is 6.06. The number of nitrogens with zero attached hydrogens (tertiary/aromatic N) is 2. The minimum atomic E-state index is 0. The van der Waals surface area contributed by atoms with E-state index in [2.05, 4.69) is 31.7 Å². The van der Waals surface area contributed by atoms with Crippen LogP contribution in [0.3, 0.4) is 0 Å². The van der Waals surface area contributed by atoms with Gasteiger partial charge in [0.1, 0.15) is 0 Å². The molecule has 94 valence electrons. The van der Waals surface area contributed by atoms with E-state index in [1.54, 1.807) is 6.20 Å². The number of rotatable bonds is 1. The number of halogens is 1. The summed E-state index contributed by atoms with van der Waals surface area (Å²) < 4.78 is 0. The van der Waals surface area contributed by atoms with Crippen LogP contribution in [0.4, 0.5) is 0 Å². The molecule has 0 amide bonds. The van der Waals surface area contributed by atoms with Crippen molar-refractivity contribution in [1.29, 1.82) is 0 Å². The average Bonchev–Trinajstić information content (AvgIpc) is 2.86. The molecule has 2 aromatic heterocycles. The maximum atomic E-state index is 4.64. The molecule has 3 aromatic rings. The molecule has 3 rings (SSSR count). The van der Waals surface area contributed by atoms with Crippen LogP contribution in [0.5, 0.6) is 0 Å². The SMILES string of the molecule is [CH3-].[Cl][Ir+2].c1ccc(-c2cc3ccccc3[n-]2)nc1. The fourth-order valence-corrected chi connectivity index (χ4v) is 1.67. The maximum absolute atomic E-state index is 4.64. The molecule has 0 unspecified atom stereocenters. The number of para-hydroxylation sites is 1. The third-order valence-corrected chi connectivity index (χ3v) is 2.40. The van der Waals surface area contributed by atoms with E-state index in [1.807, 2.05) is 36.4 Å². The summed E-state index contributed by atoms with van der Waals surface area (Å²) in [5.74, 6) is 0. The van der Waals surface area contributed by atoms with Gasteiger partial charge in [-0.25, -0.2) is 0 Å². The van der Waals surface area contributed by atoms with Gasteiger partial charge in [-0.3, -0.25) is 4.98 Å². The fourth-order valence-electron chi connectivity index (χ4n) is 1.67. The molecule has 1 aromatic carbocycles. The Balaban J connectivity index is 0.000000516. The van der Waals surface area contributed by atoms with Crippen molar-refractivity contribution in [3.05, 3.63) is 62.2 Å². The van der Waals surface area contributed by atoms with E-state index in [9.17, 15) is 0 Å². The molecular formula is C14H12ClIrN2. The van der Waals surface area contributed by atoms with E-state index >= 15 is 0 Å². The van der Waals surface area contributed by atoms with Gasteiger partial charge in [-0.05, 0) is 17.5 Å². The van der Waals surface area contributed by atoms with Crippen molar-refractivity contribution in [2.24, 2.45) is 0 Å². The van der Waals surface area contributed by atoms with Gasteiger partial charge in [0.15, 0.2) is 0 Å². The Labute approximate surface area is 122 Å². The van der Waals surface area contributed by atoms with Gasteiger partial charge < -0.3 is 12.4 Å². The Morgan fingerprint density at radius 1 is 1.00 bits per heavy atom. The van der Waals surface area contributed by atoms with Crippen LogP contribution in [0.15, 0.2) is 54.7 Å². The number of hydrogen-bond acceptors (Lipinski definition) is 1. The molecule has 0 bridgehead atoms. The second-order valence-electron chi connectivity index (χ2n) is 3.42. The molecular weight excluding hydrogens is 424 g/mol. The number of fused-ring (bicyclic) bond motifs is 1. The number of benzene rings is 1. The van der Waals surface area contributed by atoms with Crippen LogP contribution in [0.2, 0.25) is 0 Å². The third-order valence-electron chi connectivity index (χ3n) is 2.40. The van der Waals surface area contributed by atoms with Crippen molar-refractivity contribution in [2.75, 3.05) is 0 Å². The summed E-state index contributed by atoms with van der Waals surface area (Å²) in [5.41, 5.74) is 2.89. The van der Waals surface area contributed by atoms with Crippen LogP contribution in [0, 0.1) is 7.43 Å². The Bertz CT molecular complexity index is 560. The van der Waals surface area contributed by atoms with Gasteiger partial charge in [-0.1, -0.05) is 36.4 Å². The van der Waals surface area contributed by atoms with Gasteiger partial charge in [0.2, 0.25) is 0 Å². The Hall–Kier alpha value is -1.15. The Morgan fingerprint density at radius 3 is 2.39 bits per heavy atom. The van der Waals surface area contributed by atoms with Gasteiger partial charge in [0.05, 0.1) is 0 Å². The summed E-state index contributed by atoms with van der Waals surface area (Å²) in [6, 6.07) is 16.0. The zero-order valence-corrected chi connectivity index (χ0v) is 13.0. The molecule has 0 N–H and O–H groups in total. The number of pyridine rings is 1. The summed E-state index contributed by atoms with van der Waals surface area (Å²) in [6.45, 7) is 0. The van der Waals surface area contributed by atoms with Crippen LogP contribution in [0.25, 0.3) is 22.3 Å². The smallest absolute Gasteiger partial charge is 0.0483 e. The third kappa shape index (κ3) is 3.20. The predicted molar refractivity (Wildman–Crippen MR) is 72.8 cm³/mol. The first kappa shape index (κ1) is 14.9. The standard InChI is InChI=1S/C13H9N2.CH3.ClH.Ir/c1-2-6-11-10(5-1)9-13(15-11)12-7-3-4-8-14-12;;;/h1-9H;1H3;1H;/q2*-1;;+3/p-1. The van der Waals surface area contributed by atoms with Crippen LogP contribution < -0.4 is 4.98 Å². The van der Waals surface area contributed by atoms with Crippen molar-refractivity contribution in [1.82, 2.24) is 9.97 Å². The number of hydrogen-bond donors (Lipinski definition) is 0. The minimum absolute atomic E-state index is 0. The summed E-state index contributed by atoms with van der Waals surface area (Å²) >= 11 is 1.47. The minimum Gasteiger partial charge on any atom is -0.656 e. The van der Waals surface area contributed by atoms with Gasteiger partial charge in [-0.2, -0.15) is 0 Å². The molecule has 0 aliphatic rings. The molecule has 0 saturated carbocycles. The van der Waals surface area contributed by atoms with E-state index in [4.69, 9.17) is 0 Å². The zero-order valence-electron chi connectivity index (χ0n) is 9.80. The quantitative estimate of drug-likeness (QED) is 0.540. The van der Waals surface area contributed by atoms with Crippen molar-refractivity contribution < 1.29 is 17.9 Å². The van der Waals surface area contributed by atoms with Gasteiger partial charge in [0.25, 0.3) is 0 Å². The van der Waals surface area contributed by atoms with Crippen LogP contribution in [0.1, 0.15) is 0 Å². The molecule has 4 heteroatoms. The first-order valence-electron chi connectivity index (χ1n) is 5.00. The largest absolute Gasteiger partial charge is 0.656 e. The normalized spacial score (nSPS) is 9.22. The first-order valence-corrected chi connectivity index (χ1v) is 7.97. The molecule has 2 heterocycles. The molecule has 0 spiro atoms. The fraction of sp³-hybridized carbons (Fsp3) is 0. The van der Waals surface area contributed by atoms with E-state index in [0.29, 0.717) is 0 Å². The van der Waals surface area contributed by atoms with Crippen molar-refractivity contribution >= 4 is 20.5 Å². The Morgan fingerprint density at radius 2 is 1.72 bits per heavy atom. The second kappa shape index (κ2) is 7.32. The molecule has 0 radical (unpaired) electrons. The molecule has 0 aliphatic carbocycles. The molecule has 2 nitrogen and oxygen atoms in total. The number of aromatic nitrogens is 2. The molecule has 0 fully saturated rings. The van der Waals surface area contributed by atoms with Crippen molar-refractivity contribution in [3.63, 3.8) is 0 Å². The second-order valence-corrected chi connectivity index (χ2v) is 3.42. The van der Waals surface area contributed by atoms with Gasteiger partial charge in [-0.15, -0.1) is 11.2 Å². The van der Waals surface area contributed by atoms with E-state index < -0.39 is 0 Å². The summed E-state index contributed by atoms with van der Waals surface area (Å²) in [7, 11) is 4.64. The zero-order chi connectivity index (χ0) is 12.1. The first-order chi connectivity index (χ1) is 8.43.